The number of benzene rings is 4. The zero-order valence-electron chi connectivity index (χ0n) is 37.9. The summed E-state index contributed by atoms with van der Waals surface area (Å²) in [6.45, 7) is 17.7. The minimum atomic E-state index is -5.75. The van der Waals surface area contributed by atoms with Crippen LogP contribution in [0.15, 0.2) is 109 Å². The molecule has 0 saturated carbocycles. The SMILES string of the molecule is CC(C)(C)c1ccc(C2(c3ccc(C(C)(C)C)cc3)c3sc(-c4ccc(C5(C)OCCO5)cc4)cc3C3=C(c4cc(-c5ccc(C6(C)OCCO6)cc5)sc42)C(F)(F)C(F)(F)C3(F)F)cc1. The number of alkyl halides is 6. The van der Waals surface area contributed by atoms with Crippen molar-refractivity contribution in [2.75, 3.05) is 26.4 Å². The van der Waals surface area contributed by atoms with E-state index >= 15 is 26.3 Å². The Labute approximate surface area is 389 Å². The fourth-order valence-electron chi connectivity index (χ4n) is 9.90. The van der Waals surface area contributed by atoms with Gasteiger partial charge in [0.25, 0.3) is 0 Å². The standard InChI is InChI=1S/C54H50F6O4S2/c1-47(2,3)33-17-21-37(22-18-33)51(38-23-19-34(20-24-38)48(4,5)6)45-39(29-41(65-45)31-9-13-35(14-10-31)49(7)61-25-26-62-49)43-44(53(57,58)54(59,60)52(43,55)56)40-30-42(66-46(40)51)32-11-15-36(16-12-32)50(8)63-27-28-64-50/h9-24,29-30H,25-28H2,1-8H3. The molecule has 66 heavy (non-hydrogen) atoms. The van der Waals surface area contributed by atoms with E-state index in [1.54, 1.807) is 24.3 Å². The van der Waals surface area contributed by atoms with Gasteiger partial charge in [-0.1, -0.05) is 139 Å². The van der Waals surface area contributed by atoms with Gasteiger partial charge in [0.15, 0.2) is 11.6 Å². The smallest absolute Gasteiger partial charge is 0.344 e. The third kappa shape index (κ3) is 6.60. The molecule has 6 aromatic rings. The van der Waals surface area contributed by atoms with E-state index in [1.807, 2.05) is 86.6 Å². The zero-order valence-corrected chi connectivity index (χ0v) is 39.6. The number of ether oxygens (including phenoxy) is 4. The lowest BCUT2D eigenvalue weighted by atomic mass is 9.69. The number of halogens is 6. The molecule has 4 heterocycles. The molecule has 0 bridgehead atoms. The highest BCUT2D eigenvalue weighted by molar-refractivity contribution is 7.18. The van der Waals surface area contributed by atoms with Gasteiger partial charge in [0.1, 0.15) is 0 Å². The van der Waals surface area contributed by atoms with Crippen LogP contribution >= 0.6 is 22.7 Å². The first-order chi connectivity index (χ1) is 30.9. The first-order valence-electron chi connectivity index (χ1n) is 22.1. The average Bonchev–Trinajstić information content (AvgIpc) is 4.11. The molecule has 4 aromatic carbocycles. The Morgan fingerprint density at radius 1 is 0.439 bits per heavy atom. The molecule has 12 heteroatoms. The second-order valence-corrected chi connectivity index (χ2v) is 22.1. The van der Waals surface area contributed by atoms with Gasteiger partial charge in [-0.15, -0.1) is 22.7 Å². The molecule has 0 amide bonds. The Kier molecular flexibility index (Phi) is 10.3. The lowest BCUT2D eigenvalue weighted by molar-refractivity contribution is -0.254. The molecule has 4 aliphatic rings. The van der Waals surface area contributed by atoms with E-state index in [2.05, 4.69) is 41.5 Å². The molecule has 344 valence electrons. The second-order valence-electron chi connectivity index (χ2n) is 20.0. The number of rotatable bonds is 6. The van der Waals surface area contributed by atoms with Crippen molar-refractivity contribution in [3.05, 3.63) is 163 Å². The first kappa shape index (κ1) is 45.2. The number of hydrogen-bond acceptors (Lipinski definition) is 6. The molecule has 0 spiro atoms. The van der Waals surface area contributed by atoms with Gasteiger partial charge in [0.05, 0.1) is 31.8 Å². The van der Waals surface area contributed by atoms with Crippen molar-refractivity contribution in [1.82, 2.24) is 0 Å². The molecular formula is C54H50F6O4S2. The fourth-order valence-corrected chi connectivity index (χ4v) is 12.8. The summed E-state index contributed by atoms with van der Waals surface area (Å²) in [7, 11) is 0. The summed E-state index contributed by atoms with van der Waals surface area (Å²) in [4.78, 5) is 1.34. The summed E-state index contributed by atoms with van der Waals surface area (Å²) in [6.07, 6.45) is 0. The molecular weight excluding hydrogens is 891 g/mol. The molecule has 2 saturated heterocycles. The number of hydrogen-bond donors (Lipinski definition) is 0. The summed E-state index contributed by atoms with van der Waals surface area (Å²) >= 11 is 2.30. The van der Waals surface area contributed by atoms with Crippen molar-refractivity contribution in [3.8, 4) is 20.9 Å². The van der Waals surface area contributed by atoms with Crippen molar-refractivity contribution in [3.63, 3.8) is 0 Å². The molecule has 0 N–H and O–H groups in total. The van der Waals surface area contributed by atoms with Crippen molar-refractivity contribution < 1.29 is 45.3 Å². The molecule has 0 unspecified atom stereocenters. The Bertz CT molecular complexity index is 2670. The van der Waals surface area contributed by atoms with Crippen LogP contribution in [0.3, 0.4) is 0 Å². The molecule has 10 rings (SSSR count). The number of thiophene rings is 2. The van der Waals surface area contributed by atoms with Crippen LogP contribution in [0.4, 0.5) is 26.3 Å². The molecule has 4 nitrogen and oxygen atoms in total. The van der Waals surface area contributed by atoms with Crippen LogP contribution in [0.5, 0.6) is 0 Å². The highest BCUT2D eigenvalue weighted by Gasteiger charge is 2.81. The van der Waals surface area contributed by atoms with Crippen molar-refractivity contribution in [1.29, 1.82) is 0 Å². The van der Waals surface area contributed by atoms with Gasteiger partial charge in [-0.05, 0) is 70.2 Å². The van der Waals surface area contributed by atoms with Gasteiger partial charge in [-0.3, -0.25) is 0 Å². The van der Waals surface area contributed by atoms with Crippen molar-refractivity contribution >= 4 is 33.8 Å². The molecule has 0 radical (unpaired) electrons. The van der Waals surface area contributed by atoms with Gasteiger partial charge in [0.2, 0.25) is 0 Å². The van der Waals surface area contributed by atoms with E-state index < -0.39 is 45.9 Å². The van der Waals surface area contributed by atoms with Crippen LogP contribution in [0.1, 0.15) is 110 Å². The number of allylic oxidation sites excluding steroid dienone is 2. The fraction of sp³-hybridized carbons (Fsp3) is 0.370. The maximum Gasteiger partial charge on any atom is 0.380 e. The van der Waals surface area contributed by atoms with E-state index in [9.17, 15) is 0 Å². The topological polar surface area (TPSA) is 36.9 Å². The normalized spacial score (nSPS) is 21.1. The minimum Gasteiger partial charge on any atom is -0.344 e. The maximum atomic E-state index is 17.0. The predicted octanol–water partition coefficient (Wildman–Crippen LogP) is 14.7. The van der Waals surface area contributed by atoms with Crippen LogP contribution in [0, 0.1) is 0 Å². The van der Waals surface area contributed by atoms with Crippen LogP contribution in [0.25, 0.3) is 32.0 Å². The van der Waals surface area contributed by atoms with Crippen LogP contribution in [-0.2, 0) is 46.8 Å². The first-order valence-corrected chi connectivity index (χ1v) is 23.7. The third-order valence-corrected chi connectivity index (χ3v) is 16.4. The predicted molar refractivity (Wildman–Crippen MR) is 249 cm³/mol. The van der Waals surface area contributed by atoms with Gasteiger partial charge >= 0.3 is 17.8 Å². The molecule has 2 aliphatic heterocycles. The Morgan fingerprint density at radius 3 is 1.05 bits per heavy atom. The Morgan fingerprint density at radius 2 is 0.742 bits per heavy atom. The van der Waals surface area contributed by atoms with E-state index in [1.165, 1.54) is 12.1 Å². The van der Waals surface area contributed by atoms with Crippen LogP contribution < -0.4 is 0 Å². The molecule has 2 fully saturated rings. The maximum absolute atomic E-state index is 17.0. The average molecular weight is 941 g/mol. The van der Waals surface area contributed by atoms with Gasteiger partial charge < -0.3 is 18.9 Å². The van der Waals surface area contributed by atoms with Crippen LogP contribution in [0.2, 0.25) is 0 Å². The lowest BCUT2D eigenvalue weighted by Crippen LogP contribution is -2.49. The van der Waals surface area contributed by atoms with Gasteiger partial charge in [-0.25, -0.2) is 0 Å². The Hall–Kier alpha value is -4.56. The van der Waals surface area contributed by atoms with Gasteiger partial charge in [-0.2, -0.15) is 26.3 Å². The summed E-state index contributed by atoms with van der Waals surface area (Å²) in [5, 5.41) is 0. The largest absolute Gasteiger partial charge is 0.380 e. The van der Waals surface area contributed by atoms with Crippen molar-refractivity contribution in [2.45, 2.75) is 101 Å². The minimum absolute atomic E-state index is 0.231. The molecule has 2 aromatic heterocycles. The Balaban J connectivity index is 1.31. The lowest BCUT2D eigenvalue weighted by Gasteiger charge is -2.37. The molecule has 0 atom stereocenters. The highest BCUT2D eigenvalue weighted by Crippen LogP contribution is 2.70. The summed E-state index contributed by atoms with van der Waals surface area (Å²) in [5.41, 5.74) is 0.276. The third-order valence-electron chi connectivity index (χ3n) is 13.8. The summed E-state index contributed by atoms with van der Waals surface area (Å²) in [6, 6.07) is 32.9. The van der Waals surface area contributed by atoms with E-state index in [0.29, 0.717) is 58.4 Å². The van der Waals surface area contributed by atoms with Crippen molar-refractivity contribution in [2.24, 2.45) is 0 Å². The highest BCUT2D eigenvalue weighted by atomic mass is 32.1. The van der Waals surface area contributed by atoms with E-state index in [-0.39, 0.29) is 31.7 Å². The van der Waals surface area contributed by atoms with E-state index in [4.69, 9.17) is 18.9 Å². The van der Waals surface area contributed by atoms with E-state index in [0.717, 1.165) is 44.9 Å². The zero-order chi connectivity index (χ0) is 47.0. The monoisotopic (exact) mass is 940 g/mol. The quantitative estimate of drug-likeness (QED) is 0.156. The van der Waals surface area contributed by atoms with Gasteiger partial charge in [0, 0.05) is 52.9 Å². The summed E-state index contributed by atoms with van der Waals surface area (Å²) in [5.74, 6) is -18.3. The molecule has 2 aliphatic carbocycles. The number of fused-ring (bicyclic) bond motifs is 4. The van der Waals surface area contributed by atoms with Crippen LogP contribution in [-0.4, -0.2) is 44.2 Å². The summed E-state index contributed by atoms with van der Waals surface area (Å²) < 4.78 is 124. The second kappa shape index (κ2) is 15.0.